The molecule has 0 amide bonds. The summed E-state index contributed by atoms with van der Waals surface area (Å²) in [7, 11) is 0. The molecule has 1 aromatic heterocycles. The van der Waals surface area contributed by atoms with Crippen LogP contribution in [0.5, 0.6) is 0 Å². The molecule has 76 valence electrons. The van der Waals surface area contributed by atoms with E-state index in [0.717, 1.165) is 12.8 Å². The smallest absolute Gasteiger partial charge is 0.0625 e. The number of nitrogens with one attached hydrogen (secondary N) is 1. The Bertz CT molecular complexity index is 503. The second kappa shape index (κ2) is 4.18. The molecule has 0 atom stereocenters. The van der Waals surface area contributed by atoms with E-state index in [0.29, 0.717) is 6.42 Å². The minimum absolute atomic E-state index is 0.587. The standard InChI is InChI=1S/C13H14N2/c1-2-10-5-3-7-12-11(6-4-8-14)9-15-13(10)12/h3,5,7,9,15H,2,4,6H2,1H3. The van der Waals surface area contributed by atoms with Gasteiger partial charge in [-0.3, -0.25) is 0 Å². The molecule has 0 unspecified atom stereocenters. The van der Waals surface area contributed by atoms with E-state index < -0.39 is 0 Å². The minimum atomic E-state index is 0.587. The van der Waals surface area contributed by atoms with E-state index in [-0.39, 0.29) is 0 Å². The van der Waals surface area contributed by atoms with Crippen molar-refractivity contribution in [3.05, 3.63) is 35.5 Å². The summed E-state index contributed by atoms with van der Waals surface area (Å²) in [6.07, 6.45) is 4.49. The van der Waals surface area contributed by atoms with Crippen molar-refractivity contribution in [3.8, 4) is 6.07 Å². The lowest BCUT2D eigenvalue weighted by Crippen LogP contribution is -1.83. The van der Waals surface area contributed by atoms with Crippen molar-refractivity contribution in [3.63, 3.8) is 0 Å². The number of aromatic nitrogens is 1. The molecule has 2 nitrogen and oxygen atoms in total. The molecule has 0 radical (unpaired) electrons. The normalized spacial score (nSPS) is 10.4. The number of rotatable bonds is 3. The maximum Gasteiger partial charge on any atom is 0.0625 e. The molecule has 1 aromatic carbocycles. The number of fused-ring (bicyclic) bond motifs is 1. The van der Waals surface area contributed by atoms with Crippen LogP contribution >= 0.6 is 0 Å². The average Bonchev–Trinajstić information content (AvgIpc) is 2.69. The van der Waals surface area contributed by atoms with Crippen LogP contribution in [0.1, 0.15) is 24.5 Å². The summed E-state index contributed by atoms with van der Waals surface area (Å²) >= 11 is 0. The van der Waals surface area contributed by atoms with E-state index in [1.165, 1.54) is 22.0 Å². The number of nitriles is 1. The topological polar surface area (TPSA) is 39.6 Å². The lowest BCUT2D eigenvalue weighted by atomic mass is 10.0. The molecule has 15 heavy (non-hydrogen) atoms. The molecule has 2 rings (SSSR count). The average molecular weight is 198 g/mol. The Labute approximate surface area is 89.5 Å². The quantitative estimate of drug-likeness (QED) is 0.808. The fourth-order valence-corrected chi connectivity index (χ4v) is 1.97. The van der Waals surface area contributed by atoms with Crippen LogP contribution in [0.3, 0.4) is 0 Å². The molecule has 0 aliphatic heterocycles. The van der Waals surface area contributed by atoms with Crippen molar-refractivity contribution in [1.29, 1.82) is 5.26 Å². The van der Waals surface area contributed by atoms with E-state index in [2.05, 4.69) is 36.2 Å². The van der Waals surface area contributed by atoms with Crippen molar-refractivity contribution in [2.75, 3.05) is 0 Å². The third-order valence-corrected chi connectivity index (χ3v) is 2.77. The summed E-state index contributed by atoms with van der Waals surface area (Å²) in [6, 6.07) is 8.54. The zero-order valence-corrected chi connectivity index (χ0v) is 8.88. The predicted octanol–water partition coefficient (Wildman–Crippen LogP) is 3.19. The summed E-state index contributed by atoms with van der Waals surface area (Å²) in [5.74, 6) is 0. The first-order valence-corrected chi connectivity index (χ1v) is 5.31. The molecule has 0 saturated carbocycles. The van der Waals surface area contributed by atoms with Crippen molar-refractivity contribution in [2.45, 2.75) is 26.2 Å². The number of aromatic amines is 1. The summed E-state index contributed by atoms with van der Waals surface area (Å²) in [5, 5.41) is 9.85. The Balaban J connectivity index is 2.47. The van der Waals surface area contributed by atoms with Crippen LogP contribution in [0.15, 0.2) is 24.4 Å². The molecule has 2 aromatic rings. The number of nitrogens with zero attached hydrogens (tertiary/aromatic N) is 1. The van der Waals surface area contributed by atoms with E-state index in [9.17, 15) is 0 Å². The minimum Gasteiger partial charge on any atom is -0.361 e. The van der Waals surface area contributed by atoms with Gasteiger partial charge in [0, 0.05) is 23.5 Å². The predicted molar refractivity (Wildman–Crippen MR) is 61.6 cm³/mol. The van der Waals surface area contributed by atoms with E-state index >= 15 is 0 Å². The largest absolute Gasteiger partial charge is 0.361 e. The lowest BCUT2D eigenvalue weighted by Gasteiger charge is -1.99. The molecule has 2 heteroatoms. The Kier molecular flexibility index (Phi) is 2.73. The van der Waals surface area contributed by atoms with E-state index in [4.69, 9.17) is 5.26 Å². The van der Waals surface area contributed by atoms with Gasteiger partial charge in [0.2, 0.25) is 0 Å². The Morgan fingerprint density at radius 1 is 1.33 bits per heavy atom. The van der Waals surface area contributed by atoms with Gasteiger partial charge in [0.1, 0.15) is 0 Å². The van der Waals surface area contributed by atoms with Crippen LogP contribution in [-0.2, 0) is 12.8 Å². The summed E-state index contributed by atoms with van der Waals surface area (Å²) < 4.78 is 0. The highest BCUT2D eigenvalue weighted by Crippen LogP contribution is 2.22. The van der Waals surface area contributed by atoms with Gasteiger partial charge >= 0.3 is 0 Å². The number of aryl methyl sites for hydroxylation is 2. The van der Waals surface area contributed by atoms with E-state index in [1.54, 1.807) is 0 Å². The highest BCUT2D eigenvalue weighted by atomic mass is 14.7. The first kappa shape index (κ1) is 9.79. The highest BCUT2D eigenvalue weighted by molar-refractivity contribution is 5.86. The molecule has 0 fully saturated rings. The maximum absolute atomic E-state index is 8.58. The highest BCUT2D eigenvalue weighted by Gasteiger charge is 2.05. The molecular formula is C13H14N2. The van der Waals surface area contributed by atoms with Gasteiger partial charge in [-0.25, -0.2) is 0 Å². The fourth-order valence-electron chi connectivity index (χ4n) is 1.97. The number of H-pyrrole nitrogens is 1. The zero-order chi connectivity index (χ0) is 10.7. The van der Waals surface area contributed by atoms with Gasteiger partial charge in [0.05, 0.1) is 6.07 Å². The number of benzene rings is 1. The first-order chi connectivity index (χ1) is 7.36. The van der Waals surface area contributed by atoms with Crippen molar-refractivity contribution >= 4 is 10.9 Å². The maximum atomic E-state index is 8.58. The lowest BCUT2D eigenvalue weighted by molar-refractivity contribution is 1.02. The van der Waals surface area contributed by atoms with Crippen LogP contribution in [0.2, 0.25) is 0 Å². The van der Waals surface area contributed by atoms with Crippen LogP contribution in [0.25, 0.3) is 10.9 Å². The zero-order valence-electron chi connectivity index (χ0n) is 8.88. The second-order valence-electron chi connectivity index (χ2n) is 3.67. The molecule has 1 N–H and O–H groups in total. The van der Waals surface area contributed by atoms with Gasteiger partial charge in [-0.1, -0.05) is 25.1 Å². The van der Waals surface area contributed by atoms with Crippen LogP contribution < -0.4 is 0 Å². The molecular weight excluding hydrogens is 184 g/mol. The monoisotopic (exact) mass is 198 g/mol. The molecule has 0 saturated heterocycles. The molecule has 0 bridgehead atoms. The summed E-state index contributed by atoms with van der Waals surface area (Å²) in [5.41, 5.74) is 3.82. The van der Waals surface area contributed by atoms with Gasteiger partial charge in [-0.2, -0.15) is 5.26 Å². The fraction of sp³-hybridized carbons (Fsp3) is 0.308. The van der Waals surface area contributed by atoms with Crippen LogP contribution in [-0.4, -0.2) is 4.98 Å². The Hall–Kier alpha value is -1.75. The van der Waals surface area contributed by atoms with Gasteiger partial charge in [-0.05, 0) is 24.0 Å². The molecule has 0 spiro atoms. The Morgan fingerprint density at radius 3 is 2.93 bits per heavy atom. The van der Waals surface area contributed by atoms with Crippen LogP contribution in [0, 0.1) is 11.3 Å². The SMILES string of the molecule is CCc1cccc2c(CCC#N)c[nH]c12. The van der Waals surface area contributed by atoms with Gasteiger partial charge in [0.15, 0.2) is 0 Å². The van der Waals surface area contributed by atoms with Gasteiger partial charge in [-0.15, -0.1) is 0 Å². The molecule has 0 aliphatic carbocycles. The van der Waals surface area contributed by atoms with Crippen molar-refractivity contribution < 1.29 is 0 Å². The molecule has 1 heterocycles. The van der Waals surface area contributed by atoms with E-state index in [1.807, 2.05) is 6.20 Å². The van der Waals surface area contributed by atoms with Crippen LogP contribution in [0.4, 0.5) is 0 Å². The molecule has 0 aliphatic rings. The first-order valence-electron chi connectivity index (χ1n) is 5.31. The van der Waals surface area contributed by atoms with Crippen molar-refractivity contribution in [1.82, 2.24) is 4.98 Å². The van der Waals surface area contributed by atoms with Crippen molar-refractivity contribution in [2.24, 2.45) is 0 Å². The van der Waals surface area contributed by atoms with Gasteiger partial charge < -0.3 is 4.98 Å². The summed E-state index contributed by atoms with van der Waals surface area (Å²) in [4.78, 5) is 3.31. The Morgan fingerprint density at radius 2 is 2.20 bits per heavy atom. The number of para-hydroxylation sites is 1. The number of hydrogen-bond donors (Lipinski definition) is 1. The third kappa shape index (κ3) is 1.73. The summed E-state index contributed by atoms with van der Waals surface area (Å²) in [6.45, 7) is 2.16. The third-order valence-electron chi connectivity index (χ3n) is 2.77. The number of hydrogen-bond acceptors (Lipinski definition) is 1. The second-order valence-corrected chi connectivity index (χ2v) is 3.67. The van der Waals surface area contributed by atoms with Gasteiger partial charge in [0.25, 0.3) is 0 Å².